The Morgan fingerprint density at radius 1 is 1.00 bits per heavy atom. The molecule has 29 heavy (non-hydrogen) atoms. The third-order valence-corrected chi connectivity index (χ3v) is 4.53. The smallest absolute Gasteiger partial charge is 0.158 e. The minimum absolute atomic E-state index is 0.140. The van der Waals surface area contributed by atoms with Crippen LogP contribution in [0.3, 0.4) is 0 Å². The number of hydrogen-bond acceptors (Lipinski definition) is 6. The molecule has 2 aromatic carbocycles. The topological polar surface area (TPSA) is 81.0 Å². The molecule has 0 saturated carbocycles. The van der Waals surface area contributed by atoms with E-state index in [0.29, 0.717) is 29.2 Å². The lowest BCUT2D eigenvalue weighted by atomic mass is 10.1. The molecule has 6 heteroatoms. The van der Waals surface area contributed by atoms with Gasteiger partial charge in [0.15, 0.2) is 6.23 Å². The number of para-hydroxylation sites is 1. The van der Waals surface area contributed by atoms with Crippen LogP contribution in [0.2, 0.25) is 0 Å². The Kier molecular flexibility index (Phi) is 6.94. The Morgan fingerprint density at radius 2 is 1.69 bits per heavy atom. The standard InChI is InChI=1S/C21H19N3O2.C2H7N/c25-19-9-5-4-8-16(19)20-23-18-10-12-22-14-17(18)21(26)24(20)13-11-15-6-2-1-3-7-15;1-3-2/h1-10,12,14,21,25-26H,11,13H2;3H,1-2H3. The summed E-state index contributed by atoms with van der Waals surface area (Å²) < 4.78 is 0. The van der Waals surface area contributed by atoms with Gasteiger partial charge in [-0.25, -0.2) is 4.99 Å². The van der Waals surface area contributed by atoms with E-state index in [0.717, 1.165) is 6.42 Å². The van der Waals surface area contributed by atoms with Crippen LogP contribution in [0, 0.1) is 0 Å². The molecule has 0 radical (unpaired) electrons. The number of hydrogen-bond donors (Lipinski definition) is 3. The number of rotatable bonds is 4. The summed E-state index contributed by atoms with van der Waals surface area (Å²) in [5, 5.41) is 24.0. The fraction of sp³-hybridized carbons (Fsp3) is 0.217. The lowest BCUT2D eigenvalue weighted by Crippen LogP contribution is -2.39. The van der Waals surface area contributed by atoms with Crippen LogP contribution in [-0.2, 0) is 6.42 Å². The van der Waals surface area contributed by atoms with Crippen molar-refractivity contribution in [1.29, 1.82) is 0 Å². The van der Waals surface area contributed by atoms with Crippen LogP contribution in [0.25, 0.3) is 0 Å². The second-order valence-electron chi connectivity index (χ2n) is 6.69. The molecule has 2 heterocycles. The van der Waals surface area contributed by atoms with Gasteiger partial charge in [0.25, 0.3) is 0 Å². The van der Waals surface area contributed by atoms with E-state index in [9.17, 15) is 10.2 Å². The van der Waals surface area contributed by atoms with Crippen molar-refractivity contribution in [3.05, 3.63) is 89.7 Å². The number of nitrogens with one attached hydrogen (secondary N) is 1. The number of phenolic OH excluding ortho intramolecular Hbond substituents is 1. The number of fused-ring (bicyclic) bond motifs is 1. The molecule has 0 spiro atoms. The summed E-state index contributed by atoms with van der Waals surface area (Å²) >= 11 is 0. The highest BCUT2D eigenvalue weighted by Crippen LogP contribution is 2.35. The average Bonchev–Trinajstić information content (AvgIpc) is 2.75. The molecule has 0 bridgehead atoms. The first-order valence-corrected chi connectivity index (χ1v) is 9.53. The molecule has 4 rings (SSSR count). The van der Waals surface area contributed by atoms with Crippen LogP contribution in [0.1, 0.15) is 22.9 Å². The molecule has 0 fully saturated rings. The van der Waals surface area contributed by atoms with E-state index in [1.165, 1.54) is 5.56 Å². The minimum atomic E-state index is -0.866. The van der Waals surface area contributed by atoms with Gasteiger partial charge >= 0.3 is 0 Å². The Morgan fingerprint density at radius 3 is 2.41 bits per heavy atom. The summed E-state index contributed by atoms with van der Waals surface area (Å²) in [5.41, 5.74) is 3.11. The van der Waals surface area contributed by atoms with Crippen molar-refractivity contribution in [1.82, 2.24) is 15.2 Å². The Labute approximate surface area is 171 Å². The molecule has 1 unspecified atom stereocenters. The Hall–Kier alpha value is -3.22. The van der Waals surface area contributed by atoms with Crippen molar-refractivity contribution in [3.8, 4) is 5.75 Å². The molecule has 3 aromatic rings. The van der Waals surface area contributed by atoms with E-state index in [4.69, 9.17) is 4.99 Å². The summed E-state index contributed by atoms with van der Waals surface area (Å²) in [7, 11) is 3.75. The van der Waals surface area contributed by atoms with Crippen LogP contribution >= 0.6 is 0 Å². The van der Waals surface area contributed by atoms with Crippen LogP contribution in [0.5, 0.6) is 5.75 Å². The first kappa shape index (κ1) is 20.5. The van der Waals surface area contributed by atoms with Crippen LogP contribution in [-0.4, -0.2) is 46.6 Å². The lowest BCUT2D eigenvalue weighted by molar-refractivity contribution is 0.0512. The molecule has 150 valence electrons. The van der Waals surface area contributed by atoms with Gasteiger partial charge in [0.05, 0.1) is 11.3 Å². The quantitative estimate of drug-likeness (QED) is 0.637. The van der Waals surface area contributed by atoms with E-state index in [1.54, 1.807) is 30.6 Å². The van der Waals surface area contributed by atoms with Crippen molar-refractivity contribution in [2.45, 2.75) is 12.6 Å². The normalized spacial score (nSPS) is 15.1. The zero-order valence-electron chi connectivity index (χ0n) is 16.7. The molecular weight excluding hydrogens is 364 g/mol. The number of nitrogens with zero attached hydrogens (tertiary/aromatic N) is 3. The van der Waals surface area contributed by atoms with Gasteiger partial charge in [-0.2, -0.15) is 0 Å². The maximum absolute atomic E-state index is 10.9. The third kappa shape index (κ3) is 4.80. The zero-order valence-corrected chi connectivity index (χ0v) is 16.7. The predicted molar refractivity (Wildman–Crippen MR) is 115 cm³/mol. The molecule has 1 aliphatic heterocycles. The van der Waals surface area contributed by atoms with E-state index in [1.807, 2.05) is 49.3 Å². The van der Waals surface area contributed by atoms with Crippen molar-refractivity contribution in [2.24, 2.45) is 4.99 Å². The van der Waals surface area contributed by atoms with Gasteiger partial charge < -0.3 is 20.4 Å². The number of aromatic nitrogens is 1. The van der Waals surface area contributed by atoms with E-state index in [2.05, 4.69) is 22.4 Å². The second-order valence-corrected chi connectivity index (χ2v) is 6.69. The molecule has 6 nitrogen and oxygen atoms in total. The Bertz CT molecular complexity index is 960. The predicted octanol–water partition coefficient (Wildman–Crippen LogP) is 3.25. The van der Waals surface area contributed by atoms with E-state index < -0.39 is 6.23 Å². The number of aliphatic hydroxyl groups is 1. The zero-order chi connectivity index (χ0) is 20.6. The summed E-state index contributed by atoms with van der Waals surface area (Å²) in [6, 6.07) is 18.9. The number of aliphatic hydroxyl groups excluding tert-OH is 1. The summed E-state index contributed by atoms with van der Waals surface area (Å²) in [6.07, 6.45) is 3.17. The maximum atomic E-state index is 10.9. The van der Waals surface area contributed by atoms with Gasteiger partial charge in [-0.3, -0.25) is 4.98 Å². The summed E-state index contributed by atoms with van der Waals surface area (Å²) in [4.78, 5) is 10.6. The molecule has 1 aromatic heterocycles. The van der Waals surface area contributed by atoms with Gasteiger partial charge in [-0.15, -0.1) is 0 Å². The van der Waals surface area contributed by atoms with E-state index >= 15 is 0 Å². The Balaban J connectivity index is 0.000000755. The number of pyridine rings is 1. The van der Waals surface area contributed by atoms with Crippen LogP contribution in [0.4, 0.5) is 5.69 Å². The molecule has 0 saturated heterocycles. The summed E-state index contributed by atoms with van der Waals surface area (Å²) in [6.45, 7) is 0.562. The van der Waals surface area contributed by atoms with Crippen molar-refractivity contribution < 1.29 is 10.2 Å². The van der Waals surface area contributed by atoms with Gasteiger partial charge in [0.2, 0.25) is 0 Å². The number of amidine groups is 1. The molecule has 3 N–H and O–H groups in total. The van der Waals surface area contributed by atoms with Crippen LogP contribution < -0.4 is 5.32 Å². The summed E-state index contributed by atoms with van der Waals surface area (Å²) in [5.74, 6) is 0.700. The monoisotopic (exact) mass is 390 g/mol. The molecular formula is C23H26N4O2. The van der Waals surface area contributed by atoms with E-state index in [-0.39, 0.29) is 5.75 Å². The van der Waals surface area contributed by atoms with Gasteiger partial charge in [0.1, 0.15) is 11.6 Å². The largest absolute Gasteiger partial charge is 0.507 e. The highest BCUT2D eigenvalue weighted by Gasteiger charge is 2.30. The fourth-order valence-electron chi connectivity index (χ4n) is 3.16. The van der Waals surface area contributed by atoms with Crippen LogP contribution in [0.15, 0.2) is 78.0 Å². The van der Waals surface area contributed by atoms with Gasteiger partial charge in [0, 0.05) is 24.5 Å². The first-order valence-electron chi connectivity index (χ1n) is 9.53. The van der Waals surface area contributed by atoms with Gasteiger partial charge in [-0.1, -0.05) is 42.5 Å². The second kappa shape index (κ2) is 9.82. The molecule has 1 atom stereocenters. The third-order valence-electron chi connectivity index (χ3n) is 4.53. The number of aliphatic imine (C=N–C) groups is 1. The van der Waals surface area contributed by atoms with Crippen molar-refractivity contribution in [3.63, 3.8) is 0 Å². The minimum Gasteiger partial charge on any atom is -0.507 e. The number of phenols is 1. The first-order chi connectivity index (χ1) is 14.2. The highest BCUT2D eigenvalue weighted by molar-refractivity contribution is 6.03. The van der Waals surface area contributed by atoms with Crippen molar-refractivity contribution in [2.75, 3.05) is 20.6 Å². The number of benzene rings is 2. The molecule has 0 amide bonds. The fourth-order valence-corrected chi connectivity index (χ4v) is 3.16. The van der Waals surface area contributed by atoms with Crippen molar-refractivity contribution >= 4 is 11.5 Å². The maximum Gasteiger partial charge on any atom is 0.158 e. The average molecular weight is 390 g/mol. The molecule has 0 aliphatic carbocycles. The SMILES string of the molecule is CNC.Oc1ccccc1C1=Nc2ccncc2C(O)N1CCc1ccccc1. The number of aromatic hydroxyl groups is 1. The lowest BCUT2D eigenvalue weighted by Gasteiger charge is -2.35. The van der Waals surface area contributed by atoms with Gasteiger partial charge in [-0.05, 0) is 44.3 Å². The highest BCUT2D eigenvalue weighted by atomic mass is 16.3. The molecule has 1 aliphatic rings.